The Kier molecular flexibility index (Phi) is 4.57. The van der Waals surface area contributed by atoms with Gasteiger partial charge in [-0.1, -0.05) is 17.4 Å². The van der Waals surface area contributed by atoms with Gasteiger partial charge in [0.1, 0.15) is 19.3 Å². The molecule has 0 spiro atoms. The van der Waals surface area contributed by atoms with Crippen LogP contribution in [0.25, 0.3) is 20.9 Å². The summed E-state index contributed by atoms with van der Waals surface area (Å²) < 4.78 is 14.2. The molecule has 2 N–H and O–H groups in total. The van der Waals surface area contributed by atoms with Crippen molar-refractivity contribution in [1.82, 2.24) is 19.7 Å². The number of thiophene rings is 1. The maximum absolute atomic E-state index is 12.9. The van der Waals surface area contributed by atoms with Crippen molar-refractivity contribution in [1.29, 1.82) is 0 Å². The normalized spacial score (nSPS) is 14.1. The zero-order chi connectivity index (χ0) is 20.0. The molecule has 1 unspecified atom stereocenters. The monoisotopic (exact) mass is 445 g/mol. The van der Waals surface area contributed by atoms with Gasteiger partial charge in [0.15, 0.2) is 27.2 Å². The van der Waals surface area contributed by atoms with Crippen LogP contribution in [0.1, 0.15) is 13.0 Å². The van der Waals surface area contributed by atoms with Crippen molar-refractivity contribution in [3.63, 3.8) is 0 Å². The number of nitrogens with one attached hydrogen (secondary N) is 2. The fourth-order valence-corrected chi connectivity index (χ4v) is 4.97. The van der Waals surface area contributed by atoms with Gasteiger partial charge in [-0.3, -0.25) is 14.5 Å². The number of thiazole rings is 1. The molecular formula is C18H15N5O3S3. The van der Waals surface area contributed by atoms with Gasteiger partial charge >= 0.3 is 0 Å². The second-order valence-corrected chi connectivity index (χ2v) is 8.71. The third-order valence-corrected chi connectivity index (χ3v) is 6.58. The van der Waals surface area contributed by atoms with E-state index in [-0.39, 0.29) is 5.91 Å². The second kappa shape index (κ2) is 7.25. The molecule has 11 heteroatoms. The first kappa shape index (κ1) is 18.3. The van der Waals surface area contributed by atoms with Gasteiger partial charge in [-0.15, -0.1) is 11.3 Å². The Labute approximate surface area is 178 Å². The molecule has 0 radical (unpaired) electrons. The lowest BCUT2D eigenvalue weighted by Gasteiger charge is -2.17. The smallest absolute Gasteiger partial charge is 0.249 e. The summed E-state index contributed by atoms with van der Waals surface area (Å²) in [4.78, 5) is 18.4. The van der Waals surface area contributed by atoms with Crippen molar-refractivity contribution >= 4 is 56.1 Å². The first-order valence-electron chi connectivity index (χ1n) is 8.82. The average molecular weight is 446 g/mol. The molecule has 1 atom stereocenters. The number of aromatic amines is 1. The van der Waals surface area contributed by atoms with Gasteiger partial charge in [-0.25, -0.2) is 4.98 Å². The molecule has 4 aromatic rings. The third kappa shape index (κ3) is 3.30. The van der Waals surface area contributed by atoms with Crippen LogP contribution < -0.4 is 14.8 Å². The van der Waals surface area contributed by atoms with Crippen molar-refractivity contribution in [2.75, 3.05) is 18.5 Å². The molecule has 0 fully saturated rings. The molecule has 5 rings (SSSR count). The van der Waals surface area contributed by atoms with Crippen LogP contribution in [0.4, 0.5) is 5.13 Å². The molecule has 1 aromatic carbocycles. The van der Waals surface area contributed by atoms with E-state index in [1.807, 2.05) is 29.6 Å². The zero-order valence-corrected chi connectivity index (χ0v) is 17.6. The number of aromatic nitrogens is 4. The summed E-state index contributed by atoms with van der Waals surface area (Å²) in [5.41, 5.74) is 0.751. The van der Waals surface area contributed by atoms with Gasteiger partial charge in [0.2, 0.25) is 5.91 Å². The number of anilines is 1. The Hall–Kier alpha value is -2.76. The lowest BCUT2D eigenvalue weighted by atomic mass is 10.3. The number of hydrogen-bond donors (Lipinski definition) is 2. The van der Waals surface area contributed by atoms with Crippen LogP contribution in [-0.2, 0) is 4.79 Å². The Balaban J connectivity index is 1.42. The minimum Gasteiger partial charge on any atom is -0.486 e. The predicted octanol–water partition coefficient (Wildman–Crippen LogP) is 4.25. The fraction of sp³-hybridized carbons (Fsp3) is 0.222. The molecule has 1 amide bonds. The number of carbonyl (C=O) groups is 1. The van der Waals surface area contributed by atoms with E-state index in [0.29, 0.717) is 40.4 Å². The van der Waals surface area contributed by atoms with Crippen LogP contribution in [0.3, 0.4) is 0 Å². The first-order chi connectivity index (χ1) is 14.1. The standard InChI is InChI=1S/C18H15N5O3S3/c1-9(23-15(21-22-18(23)27)13-3-2-6-28-13)16(24)20-17-19-10-7-11-12(8-14(10)29-17)26-5-4-25-11/h2-3,6-9H,4-5H2,1H3,(H,22,27)(H,19,20,24). The van der Waals surface area contributed by atoms with E-state index in [1.54, 1.807) is 11.5 Å². The lowest BCUT2D eigenvalue weighted by Crippen LogP contribution is -2.24. The van der Waals surface area contributed by atoms with Gasteiger partial charge in [-0.05, 0) is 30.6 Å². The number of H-pyrrole nitrogens is 1. The summed E-state index contributed by atoms with van der Waals surface area (Å²) in [6.07, 6.45) is 0. The maximum Gasteiger partial charge on any atom is 0.249 e. The molecule has 1 aliphatic heterocycles. The SMILES string of the molecule is CC(C(=O)Nc1nc2cc3c(cc2s1)OCCO3)n1c(-c2cccs2)n[nH]c1=S. The predicted molar refractivity (Wildman–Crippen MR) is 115 cm³/mol. The number of nitrogens with zero attached hydrogens (tertiary/aromatic N) is 3. The van der Waals surface area contributed by atoms with E-state index in [2.05, 4.69) is 20.5 Å². The van der Waals surface area contributed by atoms with Crippen LogP contribution in [-0.4, -0.2) is 38.9 Å². The van der Waals surface area contributed by atoms with Gasteiger partial charge in [-0.2, -0.15) is 5.10 Å². The fourth-order valence-electron chi connectivity index (χ4n) is 3.09. The molecule has 8 nitrogen and oxygen atoms in total. The van der Waals surface area contributed by atoms with Gasteiger partial charge < -0.3 is 14.8 Å². The maximum atomic E-state index is 12.9. The molecule has 3 aromatic heterocycles. The summed E-state index contributed by atoms with van der Waals surface area (Å²) in [5, 5.41) is 12.4. The van der Waals surface area contributed by atoms with Gasteiger partial charge in [0, 0.05) is 12.1 Å². The highest BCUT2D eigenvalue weighted by Crippen LogP contribution is 2.38. The molecule has 148 valence electrons. The van der Waals surface area contributed by atoms with E-state index in [1.165, 1.54) is 22.7 Å². The van der Waals surface area contributed by atoms with Gasteiger partial charge in [0.05, 0.1) is 15.1 Å². The zero-order valence-electron chi connectivity index (χ0n) is 15.2. The van der Waals surface area contributed by atoms with Crippen LogP contribution in [0, 0.1) is 4.77 Å². The van der Waals surface area contributed by atoms with Gasteiger partial charge in [0.25, 0.3) is 0 Å². The summed E-state index contributed by atoms with van der Waals surface area (Å²) in [7, 11) is 0. The topological polar surface area (TPSA) is 94.1 Å². The number of fused-ring (bicyclic) bond motifs is 2. The first-order valence-corrected chi connectivity index (χ1v) is 10.9. The highest BCUT2D eigenvalue weighted by Gasteiger charge is 2.23. The summed E-state index contributed by atoms with van der Waals surface area (Å²) >= 11 is 8.27. The summed E-state index contributed by atoms with van der Waals surface area (Å²) in [6, 6.07) is 7.03. The van der Waals surface area contributed by atoms with E-state index < -0.39 is 6.04 Å². The molecular weight excluding hydrogens is 430 g/mol. The number of amides is 1. The van der Waals surface area contributed by atoms with E-state index in [9.17, 15) is 4.79 Å². The van der Waals surface area contributed by atoms with Crippen molar-refractivity contribution in [2.24, 2.45) is 0 Å². The highest BCUT2D eigenvalue weighted by molar-refractivity contribution is 7.71. The van der Waals surface area contributed by atoms with Crippen LogP contribution >= 0.6 is 34.9 Å². The quantitative estimate of drug-likeness (QED) is 0.456. The van der Waals surface area contributed by atoms with E-state index in [0.717, 1.165) is 15.1 Å². The molecule has 1 aliphatic rings. The number of carbonyl (C=O) groups excluding carboxylic acids is 1. The highest BCUT2D eigenvalue weighted by atomic mass is 32.1. The van der Waals surface area contributed by atoms with Crippen molar-refractivity contribution < 1.29 is 14.3 Å². The van der Waals surface area contributed by atoms with Crippen molar-refractivity contribution in [3.05, 3.63) is 34.4 Å². The Morgan fingerprint density at radius 3 is 2.90 bits per heavy atom. The Morgan fingerprint density at radius 2 is 2.14 bits per heavy atom. The Morgan fingerprint density at radius 1 is 1.34 bits per heavy atom. The lowest BCUT2D eigenvalue weighted by molar-refractivity contribution is -0.118. The minimum absolute atomic E-state index is 0.225. The molecule has 4 heterocycles. The number of hydrogen-bond acceptors (Lipinski definition) is 8. The average Bonchev–Trinajstić information content (AvgIpc) is 3.44. The minimum atomic E-state index is -0.565. The van der Waals surface area contributed by atoms with E-state index in [4.69, 9.17) is 21.7 Å². The van der Waals surface area contributed by atoms with Crippen LogP contribution in [0.2, 0.25) is 0 Å². The molecule has 0 aliphatic carbocycles. The molecule has 29 heavy (non-hydrogen) atoms. The number of rotatable bonds is 4. The second-order valence-electron chi connectivity index (χ2n) is 6.35. The molecule has 0 bridgehead atoms. The number of ether oxygens (including phenoxy) is 2. The largest absolute Gasteiger partial charge is 0.486 e. The van der Waals surface area contributed by atoms with E-state index >= 15 is 0 Å². The van der Waals surface area contributed by atoms with Crippen LogP contribution in [0.15, 0.2) is 29.6 Å². The Bertz CT molecular complexity index is 1210. The van der Waals surface area contributed by atoms with Crippen molar-refractivity contribution in [3.8, 4) is 22.2 Å². The summed E-state index contributed by atoms with van der Waals surface area (Å²) in [6.45, 7) is 2.82. The molecule has 0 saturated heterocycles. The summed E-state index contributed by atoms with van der Waals surface area (Å²) in [5.74, 6) is 1.78. The van der Waals surface area contributed by atoms with Crippen LogP contribution in [0.5, 0.6) is 11.5 Å². The third-order valence-electron chi connectivity index (χ3n) is 4.50. The van der Waals surface area contributed by atoms with Crippen molar-refractivity contribution in [2.45, 2.75) is 13.0 Å². The number of benzene rings is 1. The molecule has 0 saturated carbocycles.